The molecule has 1 fully saturated rings. The van der Waals surface area contributed by atoms with Crippen molar-refractivity contribution in [2.45, 2.75) is 38.9 Å². The molecule has 17 heavy (non-hydrogen) atoms. The second kappa shape index (κ2) is 6.05. The molecule has 0 bridgehead atoms. The Balaban J connectivity index is 0.000000325. The smallest absolute Gasteiger partial charge is 0.475 e. The minimum atomic E-state index is -5.08. The van der Waals surface area contributed by atoms with Crippen LogP contribution >= 0.6 is 0 Å². The number of nitrogens with one attached hydrogen (secondary N) is 1. The van der Waals surface area contributed by atoms with Crippen LogP contribution in [0.15, 0.2) is 12.7 Å². The maximum absolute atomic E-state index is 10.6. The van der Waals surface area contributed by atoms with Crippen LogP contribution in [0.5, 0.6) is 0 Å². The van der Waals surface area contributed by atoms with E-state index < -0.39 is 12.1 Å². The second-order valence-corrected chi connectivity index (χ2v) is 4.77. The van der Waals surface area contributed by atoms with E-state index in [0.717, 1.165) is 13.0 Å². The van der Waals surface area contributed by atoms with Gasteiger partial charge in [0.2, 0.25) is 0 Å². The minimum absolute atomic E-state index is 0.508. The molecule has 1 rings (SSSR count). The quantitative estimate of drug-likeness (QED) is 0.744. The van der Waals surface area contributed by atoms with Gasteiger partial charge in [0.25, 0.3) is 0 Å². The summed E-state index contributed by atoms with van der Waals surface area (Å²) in [4.78, 5) is 8.90. The van der Waals surface area contributed by atoms with E-state index in [-0.39, 0.29) is 0 Å². The van der Waals surface area contributed by atoms with Crippen LogP contribution in [-0.4, -0.2) is 29.8 Å². The number of carbonyl (C=O) groups is 1. The molecule has 1 saturated heterocycles. The van der Waals surface area contributed by atoms with Crippen molar-refractivity contribution in [3.05, 3.63) is 12.7 Å². The molecule has 0 aliphatic carbocycles. The summed E-state index contributed by atoms with van der Waals surface area (Å²) in [6.45, 7) is 9.51. The molecule has 1 atom stereocenters. The first-order valence-corrected chi connectivity index (χ1v) is 5.23. The van der Waals surface area contributed by atoms with Gasteiger partial charge in [0, 0.05) is 12.6 Å². The van der Waals surface area contributed by atoms with Crippen molar-refractivity contribution in [2.24, 2.45) is 5.41 Å². The third-order valence-corrected chi connectivity index (χ3v) is 2.36. The van der Waals surface area contributed by atoms with Crippen LogP contribution in [0.1, 0.15) is 26.7 Å². The fourth-order valence-corrected chi connectivity index (χ4v) is 1.60. The van der Waals surface area contributed by atoms with Gasteiger partial charge in [-0.05, 0) is 18.3 Å². The van der Waals surface area contributed by atoms with Gasteiger partial charge in [-0.3, -0.25) is 0 Å². The minimum Gasteiger partial charge on any atom is -0.475 e. The Labute approximate surface area is 98.7 Å². The molecule has 1 aliphatic rings. The number of carboxylic acid groups (broad SMARTS) is 1. The third kappa shape index (κ3) is 6.99. The highest BCUT2D eigenvalue weighted by molar-refractivity contribution is 5.73. The first-order valence-electron chi connectivity index (χ1n) is 5.23. The fraction of sp³-hybridized carbons (Fsp3) is 0.727. The molecule has 0 radical (unpaired) electrons. The lowest BCUT2D eigenvalue weighted by atomic mass is 9.90. The zero-order chi connectivity index (χ0) is 13.7. The van der Waals surface area contributed by atoms with E-state index in [1.165, 1.54) is 6.42 Å². The van der Waals surface area contributed by atoms with Crippen molar-refractivity contribution in [1.29, 1.82) is 0 Å². The van der Waals surface area contributed by atoms with E-state index >= 15 is 0 Å². The van der Waals surface area contributed by atoms with Crippen molar-refractivity contribution in [3.8, 4) is 0 Å². The highest BCUT2D eigenvalue weighted by Gasteiger charge is 2.38. The number of rotatable bonds is 2. The maximum atomic E-state index is 10.6. The number of hydrogen-bond donors (Lipinski definition) is 2. The number of aliphatic carboxylic acids is 1. The molecule has 1 aliphatic heterocycles. The van der Waals surface area contributed by atoms with Gasteiger partial charge in [-0.2, -0.15) is 13.2 Å². The van der Waals surface area contributed by atoms with Gasteiger partial charge in [-0.25, -0.2) is 4.79 Å². The molecule has 0 amide bonds. The Hall–Kier alpha value is -1.04. The summed E-state index contributed by atoms with van der Waals surface area (Å²) >= 11 is 0. The molecule has 0 aromatic carbocycles. The lowest BCUT2D eigenvalue weighted by Gasteiger charge is -2.14. The fourth-order valence-electron chi connectivity index (χ4n) is 1.60. The van der Waals surface area contributed by atoms with Crippen molar-refractivity contribution >= 4 is 5.97 Å². The number of hydrogen-bond acceptors (Lipinski definition) is 2. The molecule has 0 spiro atoms. The summed E-state index contributed by atoms with van der Waals surface area (Å²) in [5.41, 5.74) is 0.508. The Morgan fingerprint density at radius 1 is 1.59 bits per heavy atom. The molecule has 1 heterocycles. The number of carboxylic acids is 1. The van der Waals surface area contributed by atoms with Crippen molar-refractivity contribution in [1.82, 2.24) is 5.32 Å². The first-order chi connectivity index (χ1) is 7.58. The third-order valence-electron chi connectivity index (χ3n) is 2.36. The second-order valence-electron chi connectivity index (χ2n) is 4.77. The van der Waals surface area contributed by atoms with E-state index in [0.29, 0.717) is 11.5 Å². The monoisotopic (exact) mass is 253 g/mol. The van der Waals surface area contributed by atoms with Gasteiger partial charge >= 0.3 is 12.1 Å². The van der Waals surface area contributed by atoms with Gasteiger partial charge in [-0.1, -0.05) is 19.9 Å². The zero-order valence-electron chi connectivity index (χ0n) is 9.97. The van der Waals surface area contributed by atoms with Gasteiger partial charge in [0.05, 0.1) is 0 Å². The molecular formula is C11H18F3NO2. The number of alkyl halides is 3. The summed E-state index contributed by atoms with van der Waals surface area (Å²) in [6.07, 6.45) is -0.679. The standard InChI is InChI=1S/C9H17N.C2HF3O2/c1-4-5-8-6-9(2,3)7-10-8;3-2(4,5)1(6)7/h4,8,10H,1,5-7H2,2-3H3;(H,6,7). The molecule has 0 aromatic rings. The van der Waals surface area contributed by atoms with Crippen molar-refractivity contribution in [3.63, 3.8) is 0 Å². The van der Waals surface area contributed by atoms with Gasteiger partial charge < -0.3 is 10.4 Å². The lowest BCUT2D eigenvalue weighted by Crippen LogP contribution is -2.21. The average Bonchev–Trinajstić information content (AvgIpc) is 2.45. The molecule has 0 aromatic heterocycles. The van der Waals surface area contributed by atoms with E-state index in [9.17, 15) is 13.2 Å². The van der Waals surface area contributed by atoms with E-state index in [4.69, 9.17) is 9.90 Å². The molecule has 1 unspecified atom stereocenters. The molecular weight excluding hydrogens is 235 g/mol. The van der Waals surface area contributed by atoms with Crippen LogP contribution in [0.4, 0.5) is 13.2 Å². The maximum Gasteiger partial charge on any atom is 0.490 e. The first kappa shape index (κ1) is 16.0. The largest absolute Gasteiger partial charge is 0.490 e. The number of halogens is 3. The van der Waals surface area contributed by atoms with E-state index in [2.05, 4.69) is 25.7 Å². The summed E-state index contributed by atoms with van der Waals surface area (Å²) < 4.78 is 31.7. The Bertz CT molecular complexity index is 274. The normalized spacial score (nSPS) is 22.5. The van der Waals surface area contributed by atoms with Crippen LogP contribution in [0.25, 0.3) is 0 Å². The lowest BCUT2D eigenvalue weighted by molar-refractivity contribution is -0.192. The summed E-state index contributed by atoms with van der Waals surface area (Å²) in [6, 6.07) is 0.687. The van der Waals surface area contributed by atoms with Crippen molar-refractivity contribution in [2.75, 3.05) is 6.54 Å². The van der Waals surface area contributed by atoms with Crippen LogP contribution in [0.3, 0.4) is 0 Å². The topological polar surface area (TPSA) is 49.3 Å². The molecule has 0 saturated carbocycles. The van der Waals surface area contributed by atoms with Gasteiger partial charge in [0.15, 0.2) is 0 Å². The van der Waals surface area contributed by atoms with Crippen LogP contribution in [-0.2, 0) is 4.79 Å². The van der Waals surface area contributed by atoms with Crippen LogP contribution < -0.4 is 5.32 Å². The Morgan fingerprint density at radius 3 is 2.29 bits per heavy atom. The predicted molar refractivity (Wildman–Crippen MR) is 58.7 cm³/mol. The van der Waals surface area contributed by atoms with Crippen LogP contribution in [0.2, 0.25) is 0 Å². The molecule has 3 nitrogen and oxygen atoms in total. The summed E-state index contributed by atoms with van der Waals surface area (Å²) in [5, 5.41) is 10.6. The summed E-state index contributed by atoms with van der Waals surface area (Å²) in [5.74, 6) is -2.76. The predicted octanol–water partition coefficient (Wildman–Crippen LogP) is 2.58. The average molecular weight is 253 g/mol. The Morgan fingerprint density at radius 2 is 2.06 bits per heavy atom. The summed E-state index contributed by atoms with van der Waals surface area (Å²) in [7, 11) is 0. The highest BCUT2D eigenvalue weighted by atomic mass is 19.4. The van der Waals surface area contributed by atoms with Gasteiger partial charge in [-0.15, -0.1) is 6.58 Å². The molecule has 2 N–H and O–H groups in total. The van der Waals surface area contributed by atoms with E-state index in [1.807, 2.05) is 6.08 Å². The highest BCUT2D eigenvalue weighted by Crippen LogP contribution is 2.28. The van der Waals surface area contributed by atoms with Gasteiger partial charge in [0.1, 0.15) is 0 Å². The molecule has 100 valence electrons. The van der Waals surface area contributed by atoms with E-state index in [1.54, 1.807) is 0 Å². The van der Waals surface area contributed by atoms with Crippen molar-refractivity contribution < 1.29 is 23.1 Å². The molecule has 6 heteroatoms. The Kier molecular flexibility index (Phi) is 5.68. The van der Waals surface area contributed by atoms with Crippen LogP contribution in [0, 0.1) is 5.41 Å². The SMILES string of the molecule is C=CCC1CC(C)(C)CN1.O=C(O)C(F)(F)F. The zero-order valence-corrected chi connectivity index (χ0v) is 9.97.